The van der Waals surface area contributed by atoms with Crippen LogP contribution in [0.4, 0.5) is 13.2 Å². The second kappa shape index (κ2) is 5.97. The van der Waals surface area contributed by atoms with E-state index in [4.69, 9.17) is 4.74 Å². The maximum atomic E-state index is 12.4. The van der Waals surface area contributed by atoms with Crippen molar-refractivity contribution in [3.63, 3.8) is 0 Å². The number of aldehydes is 1. The lowest BCUT2D eigenvalue weighted by Crippen LogP contribution is -2.04. The Morgan fingerprint density at radius 1 is 1.10 bits per heavy atom. The third-order valence-corrected chi connectivity index (χ3v) is 2.80. The van der Waals surface area contributed by atoms with E-state index in [1.54, 1.807) is 0 Å². The molecule has 0 saturated heterocycles. The number of benzene rings is 2. The number of ether oxygens (including phenoxy) is 1. The van der Waals surface area contributed by atoms with Crippen LogP contribution in [0.2, 0.25) is 0 Å². The molecule has 2 aromatic rings. The zero-order valence-electron chi connectivity index (χ0n) is 10.7. The fourth-order valence-electron chi connectivity index (χ4n) is 1.73. The van der Waals surface area contributed by atoms with Gasteiger partial charge in [-0.3, -0.25) is 4.79 Å². The molecule has 0 aliphatic rings. The van der Waals surface area contributed by atoms with Crippen molar-refractivity contribution in [2.75, 3.05) is 0 Å². The second-order valence-electron chi connectivity index (χ2n) is 4.27. The number of aliphatic hydroxyl groups is 1. The summed E-state index contributed by atoms with van der Waals surface area (Å²) < 4.78 is 42.7. The lowest BCUT2D eigenvalue weighted by molar-refractivity contribution is -0.137. The minimum Gasteiger partial charge on any atom is -0.457 e. The van der Waals surface area contributed by atoms with Gasteiger partial charge in [0, 0.05) is 11.1 Å². The first-order chi connectivity index (χ1) is 9.94. The van der Waals surface area contributed by atoms with E-state index in [-0.39, 0.29) is 18.1 Å². The molecule has 3 nitrogen and oxygen atoms in total. The highest BCUT2D eigenvalue weighted by Gasteiger charge is 2.30. The maximum Gasteiger partial charge on any atom is 0.416 e. The van der Waals surface area contributed by atoms with Crippen LogP contribution in [0.3, 0.4) is 0 Å². The smallest absolute Gasteiger partial charge is 0.416 e. The number of alkyl halides is 3. The zero-order chi connectivity index (χ0) is 15.5. The highest BCUT2D eigenvalue weighted by molar-refractivity contribution is 5.75. The normalized spacial score (nSPS) is 11.2. The quantitative estimate of drug-likeness (QED) is 0.873. The molecular weight excluding hydrogens is 285 g/mol. The van der Waals surface area contributed by atoms with Crippen molar-refractivity contribution in [3.8, 4) is 11.5 Å². The van der Waals surface area contributed by atoms with Gasteiger partial charge >= 0.3 is 6.18 Å². The summed E-state index contributed by atoms with van der Waals surface area (Å²) in [5.41, 5.74) is -0.0214. The Hall–Kier alpha value is -2.34. The van der Waals surface area contributed by atoms with Crippen LogP contribution in [0.5, 0.6) is 11.5 Å². The van der Waals surface area contributed by atoms with Gasteiger partial charge in [0.05, 0.1) is 12.2 Å². The van der Waals surface area contributed by atoms with Gasteiger partial charge in [-0.15, -0.1) is 0 Å². The van der Waals surface area contributed by atoms with E-state index in [0.29, 0.717) is 17.4 Å². The van der Waals surface area contributed by atoms with Gasteiger partial charge in [-0.05, 0) is 42.5 Å². The van der Waals surface area contributed by atoms with E-state index in [1.807, 2.05) is 0 Å². The van der Waals surface area contributed by atoms with Gasteiger partial charge in [-0.25, -0.2) is 0 Å². The van der Waals surface area contributed by atoms with Gasteiger partial charge in [-0.1, -0.05) is 0 Å². The van der Waals surface area contributed by atoms with Crippen LogP contribution in [0.15, 0.2) is 42.5 Å². The Labute approximate surface area is 118 Å². The number of carbonyl (C=O) groups is 1. The van der Waals surface area contributed by atoms with Crippen LogP contribution in [0.1, 0.15) is 21.5 Å². The highest BCUT2D eigenvalue weighted by atomic mass is 19.4. The Morgan fingerprint density at radius 3 is 2.29 bits per heavy atom. The summed E-state index contributed by atoms with van der Waals surface area (Å²) in [4.78, 5) is 10.6. The van der Waals surface area contributed by atoms with Crippen molar-refractivity contribution < 1.29 is 27.8 Å². The molecule has 0 aliphatic carbocycles. The molecule has 110 valence electrons. The Balaban J connectivity index is 2.24. The maximum absolute atomic E-state index is 12.4. The molecular formula is C15H11F3O3. The first kappa shape index (κ1) is 15.1. The van der Waals surface area contributed by atoms with Gasteiger partial charge < -0.3 is 9.84 Å². The summed E-state index contributed by atoms with van der Waals surface area (Å²) in [6.45, 7) is -0.350. The van der Waals surface area contributed by atoms with Crippen LogP contribution in [0, 0.1) is 0 Å². The Bertz CT molecular complexity index is 634. The van der Waals surface area contributed by atoms with Crippen molar-refractivity contribution >= 4 is 6.29 Å². The Kier molecular flexibility index (Phi) is 4.28. The molecule has 1 N–H and O–H groups in total. The van der Waals surface area contributed by atoms with Crippen molar-refractivity contribution in [2.24, 2.45) is 0 Å². The minimum atomic E-state index is -4.40. The number of hydrogen-bond acceptors (Lipinski definition) is 3. The van der Waals surface area contributed by atoms with E-state index < -0.39 is 11.7 Å². The third-order valence-electron chi connectivity index (χ3n) is 2.80. The molecule has 0 saturated carbocycles. The lowest BCUT2D eigenvalue weighted by atomic mass is 10.1. The van der Waals surface area contributed by atoms with E-state index in [0.717, 1.165) is 12.1 Å². The van der Waals surface area contributed by atoms with Gasteiger partial charge in [0.25, 0.3) is 0 Å². The van der Waals surface area contributed by atoms with E-state index in [1.165, 1.54) is 30.3 Å². The molecule has 0 radical (unpaired) electrons. The molecule has 6 heteroatoms. The molecule has 0 atom stereocenters. The SMILES string of the molecule is O=Cc1ccc(Oc2ccc(C(F)(F)F)cc2)c(CO)c1. The average Bonchev–Trinajstić information content (AvgIpc) is 2.47. The molecule has 0 heterocycles. The van der Waals surface area contributed by atoms with Crippen LogP contribution in [-0.2, 0) is 12.8 Å². The number of halogens is 3. The second-order valence-corrected chi connectivity index (χ2v) is 4.27. The van der Waals surface area contributed by atoms with Crippen LogP contribution < -0.4 is 4.74 Å². The number of rotatable bonds is 4. The van der Waals surface area contributed by atoms with Crippen molar-refractivity contribution in [2.45, 2.75) is 12.8 Å². The molecule has 2 rings (SSSR count). The number of carbonyl (C=O) groups excluding carboxylic acids is 1. The van der Waals surface area contributed by atoms with Gasteiger partial charge in [0.2, 0.25) is 0 Å². The third kappa shape index (κ3) is 3.61. The Morgan fingerprint density at radius 2 is 1.76 bits per heavy atom. The van der Waals surface area contributed by atoms with E-state index in [9.17, 15) is 23.1 Å². The molecule has 0 aromatic heterocycles. The molecule has 0 spiro atoms. The molecule has 0 aliphatic heterocycles. The highest BCUT2D eigenvalue weighted by Crippen LogP contribution is 2.32. The van der Waals surface area contributed by atoms with E-state index >= 15 is 0 Å². The molecule has 2 aromatic carbocycles. The van der Waals surface area contributed by atoms with Crippen molar-refractivity contribution in [3.05, 3.63) is 59.2 Å². The predicted octanol–water partition coefficient (Wildman–Crippen LogP) is 3.80. The fraction of sp³-hybridized carbons (Fsp3) is 0.133. The summed E-state index contributed by atoms with van der Waals surface area (Å²) in [7, 11) is 0. The summed E-state index contributed by atoms with van der Waals surface area (Å²) >= 11 is 0. The first-order valence-corrected chi connectivity index (χ1v) is 5.98. The summed E-state index contributed by atoms with van der Waals surface area (Å²) in [5, 5.41) is 9.22. The molecule has 21 heavy (non-hydrogen) atoms. The predicted molar refractivity (Wildman–Crippen MR) is 69.3 cm³/mol. The van der Waals surface area contributed by atoms with Crippen molar-refractivity contribution in [1.82, 2.24) is 0 Å². The van der Waals surface area contributed by atoms with Crippen LogP contribution >= 0.6 is 0 Å². The molecule has 0 unspecified atom stereocenters. The van der Waals surface area contributed by atoms with Crippen LogP contribution in [-0.4, -0.2) is 11.4 Å². The summed E-state index contributed by atoms with van der Waals surface area (Å²) in [6, 6.07) is 8.63. The lowest BCUT2D eigenvalue weighted by Gasteiger charge is -2.11. The molecule has 0 amide bonds. The van der Waals surface area contributed by atoms with Crippen LogP contribution in [0.25, 0.3) is 0 Å². The standard InChI is InChI=1S/C15H11F3O3/c16-15(17,18)12-2-4-13(5-3-12)21-14-6-1-10(8-19)7-11(14)9-20/h1-8,20H,9H2. The first-order valence-electron chi connectivity index (χ1n) is 5.98. The fourth-order valence-corrected chi connectivity index (χ4v) is 1.73. The molecule has 0 bridgehead atoms. The minimum absolute atomic E-state index is 0.205. The van der Waals surface area contributed by atoms with Gasteiger partial charge in [0.15, 0.2) is 0 Å². The monoisotopic (exact) mass is 296 g/mol. The van der Waals surface area contributed by atoms with E-state index in [2.05, 4.69) is 0 Å². The van der Waals surface area contributed by atoms with Gasteiger partial charge in [-0.2, -0.15) is 13.2 Å². The van der Waals surface area contributed by atoms with Crippen molar-refractivity contribution in [1.29, 1.82) is 0 Å². The summed E-state index contributed by atoms with van der Waals surface area (Å²) in [5.74, 6) is 0.486. The summed E-state index contributed by atoms with van der Waals surface area (Å²) in [6.07, 6.45) is -3.78. The topological polar surface area (TPSA) is 46.5 Å². The average molecular weight is 296 g/mol. The zero-order valence-corrected chi connectivity index (χ0v) is 10.7. The largest absolute Gasteiger partial charge is 0.457 e. The number of aliphatic hydroxyl groups excluding tert-OH is 1. The van der Waals surface area contributed by atoms with Gasteiger partial charge in [0.1, 0.15) is 17.8 Å². The number of hydrogen-bond donors (Lipinski definition) is 1. The molecule has 0 fully saturated rings.